The van der Waals surface area contributed by atoms with Crippen molar-refractivity contribution in [2.75, 3.05) is 22.1 Å². The van der Waals surface area contributed by atoms with Crippen molar-refractivity contribution in [1.29, 1.82) is 10.5 Å². The zero-order chi connectivity index (χ0) is 41.7. The summed E-state index contributed by atoms with van der Waals surface area (Å²) in [6, 6.07) is 11.6. The number of hydrogen-bond acceptors (Lipinski definition) is 14. The van der Waals surface area contributed by atoms with E-state index < -0.39 is 12.2 Å². The van der Waals surface area contributed by atoms with Crippen molar-refractivity contribution in [3.05, 3.63) is 83.7 Å². The lowest BCUT2D eigenvalue weighted by molar-refractivity contribution is -0.118. The summed E-state index contributed by atoms with van der Waals surface area (Å²) >= 11 is 0. The Morgan fingerprint density at radius 2 is 1.08 bits per heavy atom. The van der Waals surface area contributed by atoms with E-state index in [1.54, 1.807) is 49.3 Å². The maximum Gasteiger partial charge on any atom is 0.230 e. The third-order valence-electron chi connectivity index (χ3n) is 11.8. The highest BCUT2D eigenvalue weighted by atomic mass is 16.3. The van der Waals surface area contributed by atoms with E-state index in [0.717, 1.165) is 82.7 Å². The first-order chi connectivity index (χ1) is 29.1. The Morgan fingerprint density at radius 1 is 0.650 bits per heavy atom. The van der Waals surface area contributed by atoms with Crippen LogP contribution in [0.1, 0.15) is 73.0 Å². The number of nitrogens with two attached hydrogens (primary N) is 2. The summed E-state index contributed by atoms with van der Waals surface area (Å²) in [5.41, 5.74) is 19.3. The first-order valence-corrected chi connectivity index (χ1v) is 19.9. The van der Waals surface area contributed by atoms with Crippen LogP contribution in [0.25, 0.3) is 44.1 Å². The Hall–Kier alpha value is -7.14. The minimum Gasteiger partial charge on any atom is -0.388 e. The maximum absolute atomic E-state index is 12.3. The molecule has 6 atom stereocenters. The molecule has 300 valence electrons. The third kappa shape index (κ3) is 7.38. The number of carbonyl (C=O) groups is 2. The molecule has 60 heavy (non-hydrogen) atoms. The molecule has 16 heteroatoms. The molecular weight excluding hydrogens is 761 g/mol. The van der Waals surface area contributed by atoms with Gasteiger partial charge in [0.1, 0.15) is 23.3 Å². The van der Waals surface area contributed by atoms with E-state index >= 15 is 0 Å². The number of pyridine rings is 6. The number of nitrogens with zero attached hydrogens (tertiary/aromatic N) is 8. The molecule has 10 rings (SSSR count). The quantitative estimate of drug-likeness (QED) is 0.122. The Kier molecular flexibility index (Phi) is 9.95. The molecule has 0 spiro atoms. The second kappa shape index (κ2) is 15.6. The monoisotopic (exact) mass is 800 g/mol. The second-order valence-electron chi connectivity index (χ2n) is 15.8. The average Bonchev–Trinajstić information content (AvgIpc) is 4.19. The van der Waals surface area contributed by atoms with Gasteiger partial charge in [0.05, 0.1) is 59.4 Å². The van der Waals surface area contributed by atoms with E-state index in [2.05, 4.69) is 52.7 Å². The van der Waals surface area contributed by atoms with E-state index in [0.29, 0.717) is 58.3 Å². The molecule has 0 bridgehead atoms. The highest BCUT2D eigenvalue weighted by Gasteiger charge is 2.44. The summed E-state index contributed by atoms with van der Waals surface area (Å²) in [6.07, 6.45) is 15.3. The SMILES string of the molecule is N#CC1CC1C(=O)Nc1cc2cc(-c3cncc4c3CCCC4O)nc(N)c2cn1.N#C[C@@H]1C[C@H]1C(=O)Nc1cc2cc(-c3cncc4c3CCCC4O)nc(N)c2cn1. The first-order valence-electron chi connectivity index (χ1n) is 19.9. The summed E-state index contributed by atoms with van der Waals surface area (Å²) in [6.45, 7) is 0. The molecule has 2 fully saturated rings. The highest BCUT2D eigenvalue weighted by molar-refractivity contribution is 6.00. The van der Waals surface area contributed by atoms with Crippen molar-refractivity contribution in [1.82, 2.24) is 29.9 Å². The van der Waals surface area contributed by atoms with Crippen LogP contribution in [0.2, 0.25) is 0 Å². The zero-order valence-electron chi connectivity index (χ0n) is 32.3. The molecule has 4 aliphatic carbocycles. The molecule has 2 saturated carbocycles. The van der Waals surface area contributed by atoms with Gasteiger partial charge in [0, 0.05) is 70.2 Å². The fourth-order valence-electron chi connectivity index (χ4n) is 8.29. The fourth-order valence-corrected chi connectivity index (χ4v) is 8.29. The van der Waals surface area contributed by atoms with Crippen molar-refractivity contribution in [2.45, 2.75) is 63.6 Å². The van der Waals surface area contributed by atoms with Gasteiger partial charge in [0.25, 0.3) is 0 Å². The van der Waals surface area contributed by atoms with Gasteiger partial charge < -0.3 is 32.3 Å². The first kappa shape index (κ1) is 38.4. The van der Waals surface area contributed by atoms with Crippen LogP contribution in [0, 0.1) is 46.3 Å². The number of fused-ring (bicyclic) bond motifs is 4. The molecular formula is C44H40N12O4. The van der Waals surface area contributed by atoms with Crippen LogP contribution in [-0.2, 0) is 22.4 Å². The number of rotatable bonds is 6. The molecule has 6 aromatic heterocycles. The van der Waals surface area contributed by atoms with Gasteiger partial charge in [-0.3, -0.25) is 19.6 Å². The van der Waals surface area contributed by atoms with Gasteiger partial charge in [-0.15, -0.1) is 0 Å². The lowest BCUT2D eigenvalue weighted by Gasteiger charge is -2.23. The number of carbonyl (C=O) groups excluding carboxylic acids is 2. The number of aliphatic hydroxyl groups excluding tert-OH is 2. The van der Waals surface area contributed by atoms with Gasteiger partial charge in [0.15, 0.2) is 0 Å². The number of aromatic nitrogens is 6. The minimum atomic E-state index is -0.510. The van der Waals surface area contributed by atoms with E-state index in [1.165, 1.54) is 0 Å². The average molecular weight is 801 g/mol. The van der Waals surface area contributed by atoms with Gasteiger partial charge in [-0.05, 0) is 97.5 Å². The topological polar surface area (TPSA) is 276 Å². The predicted molar refractivity (Wildman–Crippen MR) is 222 cm³/mol. The Balaban J connectivity index is 0.000000154. The van der Waals surface area contributed by atoms with Crippen molar-refractivity contribution >= 4 is 56.6 Å². The molecule has 4 unspecified atom stereocenters. The lowest BCUT2D eigenvalue weighted by atomic mass is 9.87. The van der Waals surface area contributed by atoms with Crippen molar-refractivity contribution in [3.8, 4) is 34.7 Å². The fraction of sp³-hybridized carbons (Fsp3) is 0.318. The van der Waals surface area contributed by atoms with Crippen molar-refractivity contribution < 1.29 is 19.8 Å². The van der Waals surface area contributed by atoms with Gasteiger partial charge in [-0.25, -0.2) is 19.9 Å². The number of amides is 2. The number of aliphatic hydroxyl groups is 2. The number of nitrogen functional groups attached to an aromatic ring is 2. The van der Waals surface area contributed by atoms with Crippen LogP contribution >= 0.6 is 0 Å². The predicted octanol–water partition coefficient (Wildman–Crippen LogP) is 5.48. The number of nitrogens with one attached hydrogen (secondary N) is 2. The third-order valence-corrected chi connectivity index (χ3v) is 11.8. The molecule has 6 aromatic rings. The number of hydrogen-bond donors (Lipinski definition) is 6. The van der Waals surface area contributed by atoms with Gasteiger partial charge in [-0.1, -0.05) is 0 Å². The standard InChI is InChI=1S/2C22H20N6O2/c2*23-7-12-4-14(12)22(30)28-20-6-11-5-18(27-21(24)15(11)10-26-20)16-8-25-9-17-13(16)2-1-3-19(17)29/h2*5-6,8-10,12,14,19,29H,1-4H2,(H2,24,27)(H,26,28,30)/t12-,14+,19?;/m0./s1. The summed E-state index contributed by atoms with van der Waals surface area (Å²) in [5, 5.41) is 47.0. The van der Waals surface area contributed by atoms with E-state index in [-0.39, 0.29) is 35.5 Å². The maximum atomic E-state index is 12.3. The molecule has 0 radical (unpaired) electrons. The van der Waals surface area contributed by atoms with Crippen LogP contribution < -0.4 is 22.1 Å². The van der Waals surface area contributed by atoms with Crippen LogP contribution in [0.4, 0.5) is 23.3 Å². The van der Waals surface area contributed by atoms with E-state index in [1.807, 2.05) is 12.1 Å². The zero-order valence-corrected chi connectivity index (χ0v) is 32.3. The smallest absolute Gasteiger partial charge is 0.230 e. The Labute approximate surface area is 343 Å². The molecule has 6 heterocycles. The van der Waals surface area contributed by atoms with Crippen molar-refractivity contribution in [3.63, 3.8) is 0 Å². The Morgan fingerprint density at radius 3 is 1.48 bits per heavy atom. The van der Waals surface area contributed by atoms with Crippen molar-refractivity contribution in [2.24, 2.45) is 23.7 Å². The largest absolute Gasteiger partial charge is 0.388 e. The van der Waals surface area contributed by atoms with E-state index in [4.69, 9.17) is 22.0 Å². The summed E-state index contributed by atoms with van der Waals surface area (Å²) in [4.78, 5) is 50.7. The summed E-state index contributed by atoms with van der Waals surface area (Å²) in [5.74, 6) is 0.192. The van der Waals surface area contributed by atoms with Gasteiger partial charge in [0.2, 0.25) is 11.8 Å². The van der Waals surface area contributed by atoms with Crippen LogP contribution in [0.15, 0.2) is 61.4 Å². The summed E-state index contributed by atoms with van der Waals surface area (Å²) in [7, 11) is 0. The molecule has 0 saturated heterocycles. The van der Waals surface area contributed by atoms with Gasteiger partial charge in [-0.2, -0.15) is 10.5 Å². The molecule has 0 aliphatic heterocycles. The van der Waals surface area contributed by atoms with Crippen LogP contribution in [0.5, 0.6) is 0 Å². The second-order valence-corrected chi connectivity index (χ2v) is 15.8. The molecule has 4 aliphatic rings. The minimum absolute atomic E-state index is 0.189. The molecule has 8 N–H and O–H groups in total. The molecule has 0 aromatic carbocycles. The van der Waals surface area contributed by atoms with Crippen LogP contribution in [-0.4, -0.2) is 51.9 Å². The molecule has 16 nitrogen and oxygen atoms in total. The summed E-state index contributed by atoms with van der Waals surface area (Å²) < 4.78 is 0. The van der Waals surface area contributed by atoms with E-state index in [9.17, 15) is 19.8 Å². The van der Waals surface area contributed by atoms with Crippen LogP contribution in [0.3, 0.4) is 0 Å². The number of nitriles is 2. The number of anilines is 4. The highest BCUT2D eigenvalue weighted by Crippen LogP contribution is 2.41. The van der Waals surface area contributed by atoms with Gasteiger partial charge >= 0.3 is 0 Å². The normalized spacial score (nSPS) is 22.2. The Bertz CT molecular complexity index is 2630. The lowest BCUT2D eigenvalue weighted by Crippen LogP contribution is -2.15. The molecule has 2 amide bonds.